The largest absolute Gasteiger partial charge is 0.493 e. The van der Waals surface area contributed by atoms with Gasteiger partial charge in [0.25, 0.3) is 0 Å². The SMILES string of the molecule is COc1ccc(CCNC(=O)C2(C)CCCNC2)cc1OC. The van der Waals surface area contributed by atoms with Gasteiger partial charge in [0.1, 0.15) is 0 Å². The molecule has 0 aromatic heterocycles. The van der Waals surface area contributed by atoms with Crippen LogP contribution in [0.1, 0.15) is 25.3 Å². The summed E-state index contributed by atoms with van der Waals surface area (Å²) in [6.45, 7) is 4.43. The Morgan fingerprint density at radius 3 is 2.73 bits per heavy atom. The second kappa shape index (κ2) is 7.49. The van der Waals surface area contributed by atoms with Crippen LogP contribution in [0.2, 0.25) is 0 Å². The normalized spacial score (nSPS) is 21.2. The third kappa shape index (κ3) is 3.91. The summed E-state index contributed by atoms with van der Waals surface area (Å²) in [6, 6.07) is 5.84. The number of rotatable bonds is 6. The maximum atomic E-state index is 12.3. The number of amides is 1. The van der Waals surface area contributed by atoms with Crippen molar-refractivity contribution in [2.45, 2.75) is 26.2 Å². The Kier molecular flexibility index (Phi) is 5.66. The van der Waals surface area contributed by atoms with Crippen LogP contribution >= 0.6 is 0 Å². The molecule has 1 aliphatic rings. The van der Waals surface area contributed by atoms with Gasteiger partial charge in [-0.05, 0) is 50.4 Å². The molecule has 0 spiro atoms. The summed E-state index contributed by atoms with van der Waals surface area (Å²) < 4.78 is 10.5. The van der Waals surface area contributed by atoms with Crippen molar-refractivity contribution in [1.29, 1.82) is 0 Å². The predicted molar refractivity (Wildman–Crippen MR) is 86.5 cm³/mol. The fourth-order valence-electron chi connectivity index (χ4n) is 2.82. The van der Waals surface area contributed by atoms with Crippen LogP contribution in [0.3, 0.4) is 0 Å². The highest BCUT2D eigenvalue weighted by Crippen LogP contribution is 2.28. The number of ether oxygens (including phenoxy) is 2. The van der Waals surface area contributed by atoms with Crippen molar-refractivity contribution in [3.8, 4) is 11.5 Å². The van der Waals surface area contributed by atoms with Gasteiger partial charge in [0, 0.05) is 13.1 Å². The lowest BCUT2D eigenvalue weighted by Crippen LogP contribution is -2.49. The average Bonchev–Trinajstić information content (AvgIpc) is 2.55. The standard InChI is InChI=1S/C17H26N2O3/c1-17(8-4-9-18-12-17)16(20)19-10-7-13-5-6-14(21-2)15(11-13)22-3/h5-6,11,18H,4,7-10,12H2,1-3H3,(H,19,20). The maximum absolute atomic E-state index is 12.3. The summed E-state index contributed by atoms with van der Waals surface area (Å²) >= 11 is 0. The summed E-state index contributed by atoms with van der Waals surface area (Å²) in [5.74, 6) is 1.58. The van der Waals surface area contributed by atoms with E-state index in [0.29, 0.717) is 6.54 Å². The van der Waals surface area contributed by atoms with Crippen molar-refractivity contribution in [2.24, 2.45) is 5.41 Å². The van der Waals surface area contributed by atoms with Crippen LogP contribution < -0.4 is 20.1 Å². The zero-order valence-corrected chi connectivity index (χ0v) is 13.7. The van der Waals surface area contributed by atoms with E-state index in [1.54, 1.807) is 14.2 Å². The minimum Gasteiger partial charge on any atom is -0.493 e. The molecule has 0 bridgehead atoms. The molecule has 2 N–H and O–H groups in total. The van der Waals surface area contributed by atoms with Crippen LogP contribution in [0.15, 0.2) is 18.2 Å². The first-order valence-corrected chi connectivity index (χ1v) is 7.79. The van der Waals surface area contributed by atoms with E-state index in [2.05, 4.69) is 10.6 Å². The van der Waals surface area contributed by atoms with E-state index < -0.39 is 0 Å². The van der Waals surface area contributed by atoms with Crippen LogP contribution in [0.25, 0.3) is 0 Å². The highest BCUT2D eigenvalue weighted by atomic mass is 16.5. The quantitative estimate of drug-likeness (QED) is 0.841. The number of benzene rings is 1. The number of hydrogen-bond donors (Lipinski definition) is 2. The molecule has 1 amide bonds. The zero-order valence-electron chi connectivity index (χ0n) is 13.7. The summed E-state index contributed by atoms with van der Waals surface area (Å²) in [7, 11) is 3.25. The van der Waals surface area contributed by atoms with Gasteiger partial charge in [0.05, 0.1) is 19.6 Å². The number of carbonyl (C=O) groups is 1. The lowest BCUT2D eigenvalue weighted by Gasteiger charge is -2.32. The zero-order chi connectivity index (χ0) is 16.0. The van der Waals surface area contributed by atoms with E-state index in [1.807, 2.05) is 25.1 Å². The third-order valence-electron chi connectivity index (χ3n) is 4.29. The van der Waals surface area contributed by atoms with E-state index >= 15 is 0 Å². The molecule has 1 fully saturated rings. The molecule has 1 aromatic rings. The number of hydrogen-bond acceptors (Lipinski definition) is 4. The fraction of sp³-hybridized carbons (Fsp3) is 0.588. The molecule has 0 radical (unpaired) electrons. The third-order valence-corrected chi connectivity index (χ3v) is 4.29. The maximum Gasteiger partial charge on any atom is 0.227 e. The summed E-state index contributed by atoms with van der Waals surface area (Å²) in [5.41, 5.74) is 0.834. The van der Waals surface area contributed by atoms with E-state index in [1.165, 1.54) is 0 Å². The van der Waals surface area contributed by atoms with Gasteiger partial charge in [-0.1, -0.05) is 6.07 Å². The molecule has 5 heteroatoms. The molecule has 1 heterocycles. The molecule has 122 valence electrons. The van der Waals surface area contributed by atoms with Crippen molar-refractivity contribution < 1.29 is 14.3 Å². The van der Waals surface area contributed by atoms with Crippen molar-refractivity contribution in [3.63, 3.8) is 0 Å². The minimum absolute atomic E-state index is 0.139. The molecule has 0 saturated carbocycles. The van der Waals surface area contributed by atoms with Gasteiger partial charge in [0.2, 0.25) is 5.91 Å². The summed E-state index contributed by atoms with van der Waals surface area (Å²) in [6.07, 6.45) is 2.78. The Hall–Kier alpha value is -1.75. The van der Waals surface area contributed by atoms with Crippen molar-refractivity contribution >= 4 is 5.91 Å². The van der Waals surface area contributed by atoms with Crippen LogP contribution in [0.4, 0.5) is 0 Å². The highest BCUT2D eigenvalue weighted by molar-refractivity contribution is 5.82. The molecule has 1 atom stereocenters. The molecule has 1 unspecified atom stereocenters. The van der Waals surface area contributed by atoms with E-state index in [-0.39, 0.29) is 11.3 Å². The van der Waals surface area contributed by atoms with E-state index in [4.69, 9.17) is 9.47 Å². The molecule has 1 aliphatic heterocycles. The average molecular weight is 306 g/mol. The topological polar surface area (TPSA) is 59.6 Å². The summed E-state index contributed by atoms with van der Waals surface area (Å²) in [4.78, 5) is 12.3. The second-order valence-corrected chi connectivity index (χ2v) is 6.04. The van der Waals surface area contributed by atoms with E-state index in [9.17, 15) is 4.79 Å². The molecule has 5 nitrogen and oxygen atoms in total. The lowest BCUT2D eigenvalue weighted by molar-refractivity contribution is -0.131. The Bertz CT molecular complexity index is 511. The molecule has 1 saturated heterocycles. The van der Waals surface area contributed by atoms with Gasteiger partial charge >= 0.3 is 0 Å². The van der Waals surface area contributed by atoms with Crippen LogP contribution in [0, 0.1) is 5.41 Å². The molecular formula is C17H26N2O3. The number of methoxy groups -OCH3 is 2. The molecule has 22 heavy (non-hydrogen) atoms. The minimum atomic E-state index is -0.282. The Balaban J connectivity index is 1.87. The van der Waals surface area contributed by atoms with Gasteiger partial charge in [-0.3, -0.25) is 4.79 Å². The van der Waals surface area contributed by atoms with Crippen LogP contribution in [-0.4, -0.2) is 39.8 Å². The first kappa shape index (κ1) is 16.6. The molecule has 2 rings (SSSR count). The fourth-order valence-corrected chi connectivity index (χ4v) is 2.82. The van der Waals surface area contributed by atoms with Gasteiger partial charge in [-0.2, -0.15) is 0 Å². The molecule has 1 aromatic carbocycles. The van der Waals surface area contributed by atoms with Crippen molar-refractivity contribution in [2.75, 3.05) is 33.9 Å². The Labute approximate surface area is 132 Å². The second-order valence-electron chi connectivity index (χ2n) is 6.04. The number of carbonyl (C=O) groups excluding carboxylic acids is 1. The van der Waals surface area contributed by atoms with Gasteiger partial charge in [0.15, 0.2) is 11.5 Å². The van der Waals surface area contributed by atoms with Gasteiger partial charge in [-0.15, -0.1) is 0 Å². The first-order valence-electron chi connectivity index (χ1n) is 7.79. The Morgan fingerprint density at radius 2 is 2.09 bits per heavy atom. The molecular weight excluding hydrogens is 280 g/mol. The lowest BCUT2D eigenvalue weighted by atomic mass is 9.82. The van der Waals surface area contributed by atoms with Gasteiger partial charge in [-0.25, -0.2) is 0 Å². The van der Waals surface area contributed by atoms with Gasteiger partial charge < -0.3 is 20.1 Å². The smallest absolute Gasteiger partial charge is 0.227 e. The van der Waals surface area contributed by atoms with Crippen molar-refractivity contribution in [1.82, 2.24) is 10.6 Å². The number of nitrogens with one attached hydrogen (secondary N) is 2. The monoisotopic (exact) mass is 306 g/mol. The first-order chi connectivity index (χ1) is 10.6. The van der Waals surface area contributed by atoms with Crippen LogP contribution in [-0.2, 0) is 11.2 Å². The van der Waals surface area contributed by atoms with Crippen LogP contribution in [0.5, 0.6) is 11.5 Å². The Morgan fingerprint density at radius 1 is 1.32 bits per heavy atom. The van der Waals surface area contributed by atoms with Crippen molar-refractivity contribution in [3.05, 3.63) is 23.8 Å². The summed E-state index contributed by atoms with van der Waals surface area (Å²) in [5, 5.41) is 6.36. The predicted octanol–water partition coefficient (Wildman–Crippen LogP) is 1.75. The number of piperidine rings is 1. The molecule has 0 aliphatic carbocycles. The van der Waals surface area contributed by atoms with E-state index in [0.717, 1.165) is 49.4 Å². The highest BCUT2D eigenvalue weighted by Gasteiger charge is 2.34.